The molecule has 1 aliphatic heterocycles. The first kappa shape index (κ1) is 19.2. The SMILES string of the molecule is CC[C@H](Oc1ccc(Cl)cc1)C(=O)Nc1ccccc1C(=O)N1CCCC1. The minimum absolute atomic E-state index is 0.0462. The van der Waals surface area contributed by atoms with Crippen LogP contribution in [0.3, 0.4) is 0 Å². The Morgan fingerprint density at radius 2 is 1.78 bits per heavy atom. The fraction of sp³-hybridized carbons (Fsp3) is 0.333. The highest BCUT2D eigenvalue weighted by molar-refractivity contribution is 6.30. The highest BCUT2D eigenvalue weighted by Crippen LogP contribution is 2.22. The Hall–Kier alpha value is -2.53. The van der Waals surface area contributed by atoms with E-state index in [0.717, 1.165) is 25.9 Å². The molecule has 1 N–H and O–H groups in total. The molecule has 2 aromatic carbocycles. The van der Waals surface area contributed by atoms with Crippen molar-refractivity contribution in [2.45, 2.75) is 32.3 Å². The first-order valence-corrected chi connectivity index (χ1v) is 9.57. The van der Waals surface area contributed by atoms with E-state index in [1.54, 1.807) is 48.5 Å². The monoisotopic (exact) mass is 386 g/mol. The van der Waals surface area contributed by atoms with Crippen molar-refractivity contribution in [3.05, 3.63) is 59.1 Å². The fourth-order valence-electron chi connectivity index (χ4n) is 3.08. The molecule has 1 atom stereocenters. The Kier molecular flexibility index (Phi) is 6.35. The van der Waals surface area contributed by atoms with E-state index < -0.39 is 6.10 Å². The van der Waals surface area contributed by atoms with Crippen molar-refractivity contribution >= 4 is 29.1 Å². The Bertz CT molecular complexity index is 801. The molecule has 2 aromatic rings. The predicted molar refractivity (Wildman–Crippen MR) is 106 cm³/mol. The van der Waals surface area contributed by atoms with Crippen LogP contribution in [0, 0.1) is 0 Å². The molecule has 0 aliphatic carbocycles. The third-order valence-electron chi connectivity index (χ3n) is 4.56. The molecule has 1 fully saturated rings. The maximum absolute atomic E-state index is 12.7. The first-order chi connectivity index (χ1) is 13.1. The van der Waals surface area contributed by atoms with Crippen molar-refractivity contribution in [2.75, 3.05) is 18.4 Å². The van der Waals surface area contributed by atoms with Gasteiger partial charge in [-0.3, -0.25) is 9.59 Å². The molecule has 3 rings (SSSR count). The van der Waals surface area contributed by atoms with Gasteiger partial charge in [0.1, 0.15) is 5.75 Å². The molecular weight excluding hydrogens is 364 g/mol. The van der Waals surface area contributed by atoms with Gasteiger partial charge >= 0.3 is 0 Å². The van der Waals surface area contributed by atoms with Crippen LogP contribution < -0.4 is 10.1 Å². The zero-order chi connectivity index (χ0) is 19.2. The summed E-state index contributed by atoms with van der Waals surface area (Å²) in [5.41, 5.74) is 1.02. The Morgan fingerprint density at radius 1 is 1.11 bits per heavy atom. The van der Waals surface area contributed by atoms with E-state index in [4.69, 9.17) is 16.3 Å². The number of carbonyl (C=O) groups excluding carboxylic acids is 2. The van der Waals surface area contributed by atoms with Gasteiger partial charge in [-0.15, -0.1) is 0 Å². The second kappa shape index (κ2) is 8.91. The smallest absolute Gasteiger partial charge is 0.265 e. The fourth-order valence-corrected chi connectivity index (χ4v) is 3.21. The summed E-state index contributed by atoms with van der Waals surface area (Å²) in [6, 6.07) is 14.0. The normalized spacial score (nSPS) is 14.7. The molecule has 0 unspecified atom stereocenters. The van der Waals surface area contributed by atoms with Crippen LogP contribution in [0.4, 0.5) is 5.69 Å². The van der Waals surface area contributed by atoms with Crippen LogP contribution in [0.25, 0.3) is 0 Å². The van der Waals surface area contributed by atoms with E-state index >= 15 is 0 Å². The summed E-state index contributed by atoms with van der Waals surface area (Å²) < 4.78 is 5.79. The molecule has 142 valence electrons. The quantitative estimate of drug-likeness (QED) is 0.801. The lowest BCUT2D eigenvalue weighted by molar-refractivity contribution is -0.122. The number of nitrogens with zero attached hydrogens (tertiary/aromatic N) is 1. The first-order valence-electron chi connectivity index (χ1n) is 9.20. The van der Waals surface area contributed by atoms with Crippen LogP contribution >= 0.6 is 11.6 Å². The molecule has 0 spiro atoms. The van der Waals surface area contributed by atoms with Crippen LogP contribution in [-0.4, -0.2) is 35.9 Å². The van der Waals surface area contributed by atoms with Crippen LogP contribution in [0.15, 0.2) is 48.5 Å². The van der Waals surface area contributed by atoms with Crippen LogP contribution in [-0.2, 0) is 4.79 Å². The summed E-state index contributed by atoms with van der Waals surface area (Å²) in [5.74, 6) is 0.243. The zero-order valence-corrected chi connectivity index (χ0v) is 16.0. The molecule has 0 aromatic heterocycles. The summed E-state index contributed by atoms with van der Waals surface area (Å²) in [7, 11) is 0. The third-order valence-corrected chi connectivity index (χ3v) is 4.82. The van der Waals surface area contributed by atoms with Gasteiger partial charge in [-0.25, -0.2) is 0 Å². The zero-order valence-electron chi connectivity index (χ0n) is 15.3. The van der Waals surface area contributed by atoms with E-state index in [0.29, 0.717) is 28.4 Å². The number of carbonyl (C=O) groups is 2. The van der Waals surface area contributed by atoms with Crippen molar-refractivity contribution in [3.8, 4) is 5.75 Å². The molecule has 0 saturated carbocycles. The van der Waals surface area contributed by atoms with Crippen molar-refractivity contribution in [1.82, 2.24) is 4.90 Å². The Labute approximate surface area is 164 Å². The summed E-state index contributed by atoms with van der Waals surface area (Å²) in [6.45, 7) is 3.40. The Morgan fingerprint density at radius 3 is 2.44 bits per heavy atom. The molecule has 0 radical (unpaired) electrons. The third kappa shape index (κ3) is 4.80. The molecule has 1 heterocycles. The van der Waals surface area contributed by atoms with Gasteiger partial charge in [0.15, 0.2) is 6.10 Å². The van der Waals surface area contributed by atoms with Crippen LogP contribution in [0.5, 0.6) is 5.75 Å². The van der Waals surface area contributed by atoms with Gasteiger partial charge in [0.2, 0.25) is 0 Å². The number of rotatable bonds is 6. The highest BCUT2D eigenvalue weighted by atomic mass is 35.5. The summed E-state index contributed by atoms with van der Waals surface area (Å²) >= 11 is 5.88. The number of benzene rings is 2. The lowest BCUT2D eigenvalue weighted by Gasteiger charge is -2.20. The summed E-state index contributed by atoms with van der Waals surface area (Å²) in [6.07, 6.45) is 1.87. The maximum atomic E-state index is 12.7. The summed E-state index contributed by atoms with van der Waals surface area (Å²) in [5, 5.41) is 3.47. The number of nitrogens with one attached hydrogen (secondary N) is 1. The van der Waals surface area contributed by atoms with Gasteiger partial charge in [-0.1, -0.05) is 30.7 Å². The molecule has 1 saturated heterocycles. The standard InChI is InChI=1S/C21H23ClN2O3/c1-2-19(27-16-11-9-15(22)10-12-16)20(25)23-18-8-4-3-7-17(18)21(26)24-13-5-6-14-24/h3-4,7-12,19H,2,5-6,13-14H2,1H3,(H,23,25)/t19-/m0/s1. The topological polar surface area (TPSA) is 58.6 Å². The minimum atomic E-state index is -0.666. The lowest BCUT2D eigenvalue weighted by atomic mass is 10.1. The van der Waals surface area contributed by atoms with Crippen molar-refractivity contribution in [3.63, 3.8) is 0 Å². The predicted octanol–water partition coefficient (Wildman–Crippen LogP) is 4.37. The number of anilines is 1. The molecule has 2 amide bonds. The van der Waals surface area contributed by atoms with Crippen molar-refractivity contribution < 1.29 is 14.3 Å². The van der Waals surface area contributed by atoms with Gasteiger partial charge < -0.3 is 15.0 Å². The number of halogens is 1. The van der Waals surface area contributed by atoms with Gasteiger partial charge in [-0.2, -0.15) is 0 Å². The number of hydrogen-bond donors (Lipinski definition) is 1. The maximum Gasteiger partial charge on any atom is 0.265 e. The van der Waals surface area contributed by atoms with Gasteiger partial charge in [0.05, 0.1) is 11.3 Å². The Balaban J connectivity index is 1.72. The molecule has 1 aliphatic rings. The summed E-state index contributed by atoms with van der Waals surface area (Å²) in [4.78, 5) is 27.3. The van der Waals surface area contributed by atoms with E-state index in [9.17, 15) is 9.59 Å². The largest absolute Gasteiger partial charge is 0.481 e. The second-order valence-electron chi connectivity index (χ2n) is 6.50. The molecular formula is C21H23ClN2O3. The van der Waals surface area contributed by atoms with Crippen LogP contribution in [0.1, 0.15) is 36.5 Å². The number of likely N-dealkylation sites (tertiary alicyclic amines) is 1. The van der Waals surface area contributed by atoms with Gasteiger partial charge in [0, 0.05) is 18.1 Å². The number of ether oxygens (including phenoxy) is 1. The van der Waals surface area contributed by atoms with Crippen molar-refractivity contribution in [2.24, 2.45) is 0 Å². The van der Waals surface area contributed by atoms with Crippen LogP contribution in [0.2, 0.25) is 5.02 Å². The van der Waals surface area contributed by atoms with Crippen molar-refractivity contribution in [1.29, 1.82) is 0 Å². The molecule has 27 heavy (non-hydrogen) atoms. The van der Waals surface area contributed by atoms with E-state index in [1.165, 1.54) is 0 Å². The average molecular weight is 387 g/mol. The number of para-hydroxylation sites is 1. The number of amides is 2. The molecule has 0 bridgehead atoms. The van der Waals surface area contributed by atoms with E-state index in [-0.39, 0.29) is 11.8 Å². The van der Waals surface area contributed by atoms with Gasteiger partial charge in [-0.05, 0) is 55.7 Å². The molecule has 6 heteroatoms. The lowest BCUT2D eigenvalue weighted by Crippen LogP contribution is -2.34. The number of hydrogen-bond acceptors (Lipinski definition) is 3. The highest BCUT2D eigenvalue weighted by Gasteiger charge is 2.24. The van der Waals surface area contributed by atoms with E-state index in [2.05, 4.69) is 5.32 Å². The van der Waals surface area contributed by atoms with E-state index in [1.807, 2.05) is 11.8 Å². The minimum Gasteiger partial charge on any atom is -0.481 e. The second-order valence-corrected chi connectivity index (χ2v) is 6.94. The molecule has 5 nitrogen and oxygen atoms in total. The average Bonchev–Trinajstić information content (AvgIpc) is 3.22. The van der Waals surface area contributed by atoms with Gasteiger partial charge in [0.25, 0.3) is 11.8 Å².